The van der Waals surface area contributed by atoms with E-state index in [0.717, 1.165) is 0 Å². The molecule has 1 aromatic carbocycles. The van der Waals surface area contributed by atoms with Crippen molar-refractivity contribution in [3.05, 3.63) is 35.9 Å². The van der Waals surface area contributed by atoms with Gasteiger partial charge in [0, 0.05) is 5.56 Å². The molecule has 0 saturated heterocycles. The van der Waals surface area contributed by atoms with Gasteiger partial charge in [0.15, 0.2) is 10.7 Å². The zero-order valence-corrected chi connectivity index (χ0v) is 10.2. The summed E-state index contributed by atoms with van der Waals surface area (Å²) in [5.74, 6) is -1.03. The minimum atomic E-state index is -1.14. The molecule has 1 aromatic rings. The molecule has 17 heavy (non-hydrogen) atoms. The summed E-state index contributed by atoms with van der Waals surface area (Å²) < 4.78 is 4.86. The number of Topliss-reactive ketones (excluding diaryl/α,β-unsaturated/α-hetero) is 1. The highest BCUT2D eigenvalue weighted by atomic mass is 35.5. The highest BCUT2D eigenvalue weighted by Crippen LogP contribution is 2.52. The summed E-state index contributed by atoms with van der Waals surface area (Å²) in [4.78, 5) is 22.5. The normalized spacial score (nSPS) is 26.4. The lowest BCUT2D eigenvalue weighted by atomic mass is 10.1. The fourth-order valence-corrected chi connectivity index (χ4v) is 2.13. The summed E-state index contributed by atoms with van der Waals surface area (Å²) >= 11 is 6.09. The van der Waals surface area contributed by atoms with Crippen molar-refractivity contribution in [2.24, 2.45) is 5.92 Å². The molecule has 0 bridgehead atoms. The average Bonchev–Trinajstić information content (AvgIpc) is 3.04. The Morgan fingerprint density at radius 2 is 2.06 bits per heavy atom. The Morgan fingerprint density at radius 3 is 2.65 bits per heavy atom. The maximum atomic E-state index is 12.0. The first-order valence-corrected chi connectivity index (χ1v) is 5.92. The number of carbonyl (C=O) groups is 2. The molecule has 0 amide bonds. The molecule has 4 heteroatoms. The number of ketones is 1. The van der Waals surface area contributed by atoms with Gasteiger partial charge in [0.25, 0.3) is 0 Å². The van der Waals surface area contributed by atoms with Crippen LogP contribution in [-0.4, -0.2) is 23.2 Å². The molecule has 0 aromatic heterocycles. The largest absolute Gasteiger partial charge is 0.465 e. The molecule has 1 aliphatic carbocycles. The van der Waals surface area contributed by atoms with Gasteiger partial charge in [0.05, 0.1) is 12.5 Å². The molecular formula is C13H13ClO3. The van der Waals surface area contributed by atoms with Crippen molar-refractivity contribution < 1.29 is 14.3 Å². The van der Waals surface area contributed by atoms with E-state index in [1.54, 1.807) is 31.2 Å². The predicted octanol–water partition coefficient (Wildman–Crippen LogP) is 2.43. The Hall–Kier alpha value is -1.35. The number of hydrogen-bond acceptors (Lipinski definition) is 3. The molecule has 90 valence electrons. The fraction of sp³-hybridized carbons (Fsp3) is 0.385. The third kappa shape index (κ3) is 2.20. The molecule has 0 heterocycles. The summed E-state index contributed by atoms with van der Waals surface area (Å²) in [5, 5.41) is 0. The van der Waals surface area contributed by atoms with Crippen molar-refractivity contribution >= 4 is 23.4 Å². The lowest BCUT2D eigenvalue weighted by Gasteiger charge is -2.07. The molecule has 3 nitrogen and oxygen atoms in total. The van der Waals surface area contributed by atoms with Crippen LogP contribution in [0, 0.1) is 5.92 Å². The zero-order valence-electron chi connectivity index (χ0n) is 9.48. The maximum absolute atomic E-state index is 12.0. The first-order chi connectivity index (χ1) is 8.09. The molecule has 0 radical (unpaired) electrons. The maximum Gasteiger partial charge on any atom is 0.327 e. The first-order valence-electron chi connectivity index (χ1n) is 5.55. The van der Waals surface area contributed by atoms with Crippen molar-refractivity contribution in [2.75, 3.05) is 6.61 Å². The van der Waals surface area contributed by atoms with E-state index in [4.69, 9.17) is 16.3 Å². The van der Waals surface area contributed by atoms with Crippen molar-refractivity contribution in [1.29, 1.82) is 0 Å². The first kappa shape index (κ1) is 12.1. The smallest absolute Gasteiger partial charge is 0.327 e. The van der Waals surface area contributed by atoms with Crippen LogP contribution in [0.5, 0.6) is 0 Å². The van der Waals surface area contributed by atoms with Crippen molar-refractivity contribution in [2.45, 2.75) is 18.2 Å². The monoisotopic (exact) mass is 252 g/mol. The van der Waals surface area contributed by atoms with Gasteiger partial charge in [-0.05, 0) is 13.3 Å². The number of esters is 1. The third-order valence-corrected chi connectivity index (χ3v) is 3.45. The van der Waals surface area contributed by atoms with Crippen LogP contribution < -0.4 is 0 Å². The fourth-order valence-electron chi connectivity index (χ4n) is 1.82. The molecule has 1 aliphatic rings. The highest BCUT2D eigenvalue weighted by Gasteiger charge is 2.63. The Balaban J connectivity index is 2.08. The topological polar surface area (TPSA) is 43.4 Å². The number of hydrogen-bond donors (Lipinski definition) is 0. The van der Waals surface area contributed by atoms with Crippen LogP contribution in [0.4, 0.5) is 0 Å². The summed E-state index contributed by atoms with van der Waals surface area (Å²) in [6.45, 7) is 1.99. The van der Waals surface area contributed by atoms with Gasteiger partial charge in [0.2, 0.25) is 0 Å². The highest BCUT2D eigenvalue weighted by molar-refractivity contribution is 6.39. The lowest BCUT2D eigenvalue weighted by Crippen LogP contribution is -2.24. The second-order valence-electron chi connectivity index (χ2n) is 4.07. The van der Waals surface area contributed by atoms with E-state index < -0.39 is 16.8 Å². The predicted molar refractivity (Wildman–Crippen MR) is 64.1 cm³/mol. The molecule has 0 N–H and O–H groups in total. The van der Waals surface area contributed by atoms with Gasteiger partial charge in [-0.1, -0.05) is 30.3 Å². The van der Waals surface area contributed by atoms with Crippen molar-refractivity contribution in [3.8, 4) is 0 Å². The summed E-state index contributed by atoms with van der Waals surface area (Å²) in [6.07, 6.45) is 0.362. The van der Waals surface area contributed by atoms with E-state index in [0.29, 0.717) is 12.0 Å². The molecule has 2 rings (SSSR count). The number of benzene rings is 1. The number of halogens is 1. The molecule has 0 spiro atoms. The van der Waals surface area contributed by atoms with E-state index in [2.05, 4.69) is 0 Å². The number of carbonyl (C=O) groups excluding carboxylic acids is 2. The number of alkyl halides is 1. The van der Waals surface area contributed by atoms with Gasteiger partial charge in [-0.25, -0.2) is 0 Å². The number of rotatable bonds is 4. The van der Waals surface area contributed by atoms with Gasteiger partial charge in [0.1, 0.15) is 0 Å². The van der Waals surface area contributed by atoms with Crippen LogP contribution in [-0.2, 0) is 9.53 Å². The Morgan fingerprint density at radius 1 is 1.41 bits per heavy atom. The average molecular weight is 253 g/mol. The van der Waals surface area contributed by atoms with E-state index in [1.807, 2.05) is 6.07 Å². The van der Waals surface area contributed by atoms with Crippen LogP contribution in [0.1, 0.15) is 23.7 Å². The zero-order chi connectivity index (χ0) is 12.5. The van der Waals surface area contributed by atoms with Crippen molar-refractivity contribution in [1.82, 2.24) is 0 Å². The van der Waals surface area contributed by atoms with Crippen molar-refractivity contribution in [3.63, 3.8) is 0 Å². The third-order valence-electron chi connectivity index (χ3n) is 2.88. The summed E-state index contributed by atoms with van der Waals surface area (Å²) in [6, 6.07) is 8.86. The Bertz CT molecular complexity index is 443. The Kier molecular flexibility index (Phi) is 3.20. The van der Waals surface area contributed by atoms with Crippen LogP contribution in [0.15, 0.2) is 30.3 Å². The van der Waals surface area contributed by atoms with E-state index in [1.165, 1.54) is 0 Å². The van der Waals surface area contributed by atoms with E-state index >= 15 is 0 Å². The lowest BCUT2D eigenvalue weighted by molar-refractivity contribution is -0.143. The van der Waals surface area contributed by atoms with Crippen LogP contribution in [0.2, 0.25) is 0 Å². The molecule has 2 unspecified atom stereocenters. The molecule has 0 aliphatic heterocycles. The Labute approximate surface area is 105 Å². The minimum Gasteiger partial charge on any atom is -0.465 e. The minimum absolute atomic E-state index is 0.0892. The SMILES string of the molecule is CCOC(=O)C1(Cl)CC1C(=O)c1ccccc1. The summed E-state index contributed by atoms with van der Waals surface area (Å²) in [7, 11) is 0. The van der Waals surface area contributed by atoms with Crippen LogP contribution >= 0.6 is 11.6 Å². The second kappa shape index (κ2) is 4.49. The van der Waals surface area contributed by atoms with E-state index in [-0.39, 0.29) is 12.4 Å². The van der Waals surface area contributed by atoms with Gasteiger partial charge in [-0.2, -0.15) is 0 Å². The summed E-state index contributed by atoms with van der Waals surface area (Å²) in [5.41, 5.74) is 0.587. The van der Waals surface area contributed by atoms with Gasteiger partial charge in [-0.15, -0.1) is 11.6 Å². The molecular weight excluding hydrogens is 240 g/mol. The van der Waals surface area contributed by atoms with Gasteiger partial charge in [-0.3, -0.25) is 9.59 Å². The molecule has 1 saturated carbocycles. The van der Waals surface area contributed by atoms with Crippen LogP contribution in [0.3, 0.4) is 0 Å². The van der Waals surface area contributed by atoms with E-state index in [9.17, 15) is 9.59 Å². The van der Waals surface area contributed by atoms with Gasteiger partial charge >= 0.3 is 5.97 Å². The molecule has 2 atom stereocenters. The quantitative estimate of drug-likeness (QED) is 0.470. The molecule has 1 fully saturated rings. The second-order valence-corrected chi connectivity index (χ2v) is 4.74. The van der Waals surface area contributed by atoms with Gasteiger partial charge < -0.3 is 4.74 Å². The standard InChI is InChI=1S/C13H13ClO3/c1-2-17-12(16)13(14)8-10(13)11(15)9-6-4-3-5-7-9/h3-7,10H,2,8H2,1H3. The van der Waals surface area contributed by atoms with Crippen LogP contribution in [0.25, 0.3) is 0 Å². The number of ether oxygens (including phenoxy) is 1.